The minimum Gasteiger partial charge on any atom is 0 e. The standard InChI is InChI=1S/C11H14NO.C11H13O.5C2H6.2HI.V.W.Y/c1-12-8-7-10(13)11(12)9-5-3-2-4-6-9;1-3-10-5-4-9(2)11(8-10)6-7-12;5*1-2;;;;;/h2-6,11,13H,7-8H2,1H3;4-6,8,12H,3H2,1-2H3;5*1-2H3;2*1H;;;/q2*-1;;;;;;;;+2;;/p-2/t11-;;;;;;;;;;;/m0.........../s1. The van der Waals surface area contributed by atoms with Gasteiger partial charge < -0.3 is 10.0 Å². The number of aliphatic hydroxyl groups is 2. The van der Waals surface area contributed by atoms with Crippen molar-refractivity contribution in [2.45, 2.75) is 102 Å². The number of likely N-dealkylation sites (tertiary alicyclic amines) is 1. The number of likely N-dealkylation sites (N-methyl/N-ethyl adjacent to an activating group) is 1. The molecular formula is C32H57I2NO2VWY-2. The summed E-state index contributed by atoms with van der Waals surface area (Å²) in [5.74, 6) is 0. The van der Waals surface area contributed by atoms with Crippen molar-refractivity contribution in [3.63, 3.8) is 0 Å². The number of aryl methyl sites for hydroxylation is 2. The molecule has 2 aromatic rings. The largest absolute Gasteiger partial charge is 0 e. The molecule has 0 spiro atoms. The van der Waals surface area contributed by atoms with Gasteiger partial charge in [0.2, 0.25) is 0 Å². The van der Waals surface area contributed by atoms with Crippen LogP contribution in [-0.2, 0) is 67.9 Å². The van der Waals surface area contributed by atoms with Gasteiger partial charge in [0, 0.05) is 32.7 Å². The molecule has 40 heavy (non-hydrogen) atoms. The maximum atomic E-state index is 9.69. The van der Waals surface area contributed by atoms with E-state index < -0.39 is 0 Å². The molecule has 0 aliphatic carbocycles. The van der Waals surface area contributed by atoms with Crippen LogP contribution in [0, 0.1) is 19.4 Å². The Morgan fingerprint density at radius 2 is 1.43 bits per heavy atom. The van der Waals surface area contributed by atoms with Crippen molar-refractivity contribution in [2.75, 3.05) is 13.6 Å². The van der Waals surface area contributed by atoms with Crippen molar-refractivity contribution in [1.82, 2.24) is 4.90 Å². The molecule has 1 radical (unpaired) electrons. The van der Waals surface area contributed by atoms with E-state index in [0.29, 0.717) is 19.7 Å². The Bertz CT molecular complexity index is 749. The number of hydrogen-bond donors (Lipinski definition) is 2. The van der Waals surface area contributed by atoms with Crippen LogP contribution in [0.25, 0.3) is 0 Å². The third-order valence-corrected chi connectivity index (χ3v) is 5.05. The predicted molar refractivity (Wildman–Crippen MR) is 187 cm³/mol. The van der Waals surface area contributed by atoms with Gasteiger partial charge in [0.15, 0.2) is 0 Å². The fraction of sp³-hybridized carbons (Fsp3) is 0.531. The number of halogens is 2. The molecule has 1 aliphatic rings. The molecule has 1 heterocycles. The SMILES string of the molecule is CC.CC.CC.CC.CC.CCc1ccc(C)c([CH-][C](O)=[W])c1.CN1CC[C-](O)[C@@H]1c1ccccc1.[I][V][I].[Y]. The molecule has 8 heteroatoms. The summed E-state index contributed by atoms with van der Waals surface area (Å²) >= 11 is 5.85. The van der Waals surface area contributed by atoms with Crippen LogP contribution < -0.4 is 0 Å². The summed E-state index contributed by atoms with van der Waals surface area (Å²) in [7, 11) is 2.67. The number of benzene rings is 2. The second-order valence-electron chi connectivity index (χ2n) is 6.63. The Kier molecular flexibility index (Phi) is 58.5. The molecule has 0 amide bonds. The van der Waals surface area contributed by atoms with Gasteiger partial charge >= 0.3 is 140 Å². The van der Waals surface area contributed by atoms with Crippen molar-refractivity contribution in [1.29, 1.82) is 0 Å². The van der Waals surface area contributed by atoms with E-state index in [1.807, 2.05) is 101 Å². The molecule has 2 aromatic carbocycles. The summed E-state index contributed by atoms with van der Waals surface area (Å²) in [6.07, 6.45) is 4.27. The van der Waals surface area contributed by atoms with E-state index in [4.69, 9.17) is 0 Å². The molecule has 0 unspecified atom stereocenters. The van der Waals surface area contributed by atoms with Gasteiger partial charge in [-0.05, 0) is 13.6 Å². The topological polar surface area (TPSA) is 43.7 Å². The van der Waals surface area contributed by atoms with Crippen molar-refractivity contribution >= 4 is 44.0 Å². The first-order valence-corrected chi connectivity index (χ1v) is 24.7. The van der Waals surface area contributed by atoms with E-state index in [1.165, 1.54) is 16.7 Å². The molecule has 1 saturated heterocycles. The summed E-state index contributed by atoms with van der Waals surface area (Å²) in [4.78, 5) is 2.17. The molecule has 1 aliphatic heterocycles. The van der Waals surface area contributed by atoms with E-state index in [9.17, 15) is 10.2 Å². The van der Waals surface area contributed by atoms with Crippen LogP contribution in [0.15, 0.2) is 48.5 Å². The Morgan fingerprint density at radius 1 is 0.975 bits per heavy atom. The van der Waals surface area contributed by atoms with Gasteiger partial charge in [-0.3, -0.25) is 0 Å². The smallest absolute Gasteiger partial charge is 0 e. The van der Waals surface area contributed by atoms with Crippen LogP contribution >= 0.6 is 40.0 Å². The third-order valence-electron chi connectivity index (χ3n) is 4.62. The summed E-state index contributed by atoms with van der Waals surface area (Å²) in [5, 5.41) is 18.9. The number of aliphatic hydroxyl groups excluding tert-OH is 2. The minimum atomic E-state index is 0. The maximum absolute atomic E-state index is 9.69. The quantitative estimate of drug-likeness (QED) is 0.237. The molecule has 1 fully saturated rings. The normalized spacial score (nSPS) is 12.5. The zero-order valence-corrected chi connectivity index (χ0v) is 38.9. The molecule has 1 atom stereocenters. The first-order chi connectivity index (χ1) is 18.8. The fourth-order valence-electron chi connectivity index (χ4n) is 3.09. The number of rotatable bonds is 4. The average Bonchev–Trinajstić information content (AvgIpc) is 3.33. The Hall–Kier alpha value is 1.90. The minimum absolute atomic E-state index is 0. The van der Waals surface area contributed by atoms with Crippen molar-refractivity contribution < 1.29 is 71.7 Å². The molecule has 3 nitrogen and oxygen atoms in total. The van der Waals surface area contributed by atoms with Crippen molar-refractivity contribution in [3.8, 4) is 0 Å². The van der Waals surface area contributed by atoms with Gasteiger partial charge in [-0.25, -0.2) is 0 Å². The number of hydrogen-bond acceptors (Lipinski definition) is 3. The van der Waals surface area contributed by atoms with E-state index >= 15 is 0 Å². The Balaban J connectivity index is -0.000000101. The molecule has 0 aromatic heterocycles. The average molecular weight is 1070 g/mol. The van der Waals surface area contributed by atoms with Crippen LogP contribution in [-0.4, -0.2) is 32.8 Å². The summed E-state index contributed by atoms with van der Waals surface area (Å²) in [5.41, 5.74) is 4.84. The van der Waals surface area contributed by atoms with E-state index in [0.717, 1.165) is 44.3 Å². The monoisotopic (exact) mass is 1070 g/mol. The van der Waals surface area contributed by atoms with Gasteiger partial charge in [0.1, 0.15) is 0 Å². The fourth-order valence-corrected chi connectivity index (χ4v) is 3.55. The van der Waals surface area contributed by atoms with Crippen LogP contribution in [0.5, 0.6) is 0 Å². The van der Waals surface area contributed by atoms with Gasteiger partial charge in [-0.2, -0.15) is 6.10 Å². The van der Waals surface area contributed by atoms with Crippen LogP contribution in [0.1, 0.15) is 111 Å². The first-order valence-electron chi connectivity index (χ1n) is 14.2. The molecule has 2 N–H and O–H groups in total. The molecule has 3 rings (SSSR count). The molecule has 232 valence electrons. The van der Waals surface area contributed by atoms with E-state index in [1.54, 1.807) is 0 Å². The van der Waals surface area contributed by atoms with Crippen molar-refractivity contribution in [3.05, 3.63) is 83.3 Å². The second kappa shape index (κ2) is 43.0. The van der Waals surface area contributed by atoms with Gasteiger partial charge in [0.25, 0.3) is 0 Å². The zero-order chi connectivity index (χ0) is 31.8. The van der Waals surface area contributed by atoms with Gasteiger partial charge in [0.05, 0.1) is 0 Å². The van der Waals surface area contributed by atoms with Crippen LogP contribution in [0.2, 0.25) is 0 Å². The predicted octanol–water partition coefficient (Wildman–Crippen LogP) is 11.0. The molecular weight excluding hydrogens is 1010 g/mol. The molecule has 0 saturated carbocycles. The first kappa shape index (κ1) is 54.4. The zero-order valence-electron chi connectivity index (χ0n) is 27.4. The van der Waals surface area contributed by atoms with Crippen LogP contribution in [0.4, 0.5) is 0 Å². The third kappa shape index (κ3) is 28.7. The maximum Gasteiger partial charge on any atom is 0 e. The van der Waals surface area contributed by atoms with Gasteiger partial charge in [-0.1, -0.05) is 111 Å². The van der Waals surface area contributed by atoms with Crippen molar-refractivity contribution in [2.24, 2.45) is 0 Å². The van der Waals surface area contributed by atoms with E-state index in [-0.39, 0.29) is 38.8 Å². The number of nitrogens with zero attached hydrogens (tertiary/aromatic N) is 1. The van der Waals surface area contributed by atoms with Crippen LogP contribution in [0.3, 0.4) is 0 Å². The summed E-state index contributed by atoms with van der Waals surface area (Å²) in [6.45, 7) is 25.1. The molecule has 0 bridgehead atoms. The summed E-state index contributed by atoms with van der Waals surface area (Å²) in [6, 6.07) is 16.6. The van der Waals surface area contributed by atoms with E-state index in [2.05, 4.69) is 89.0 Å². The Morgan fingerprint density at radius 3 is 1.77 bits per heavy atom. The second-order valence-corrected chi connectivity index (χ2v) is 19.9. The van der Waals surface area contributed by atoms with Gasteiger partial charge in [-0.15, -0.1) is 6.42 Å². The Labute approximate surface area is 315 Å². The summed E-state index contributed by atoms with van der Waals surface area (Å²) < 4.78 is 0.441.